The molecule has 0 aromatic carbocycles. The van der Waals surface area contributed by atoms with Crippen LogP contribution in [0.3, 0.4) is 0 Å². The van der Waals surface area contributed by atoms with Crippen molar-refractivity contribution in [2.75, 3.05) is 5.32 Å². The highest BCUT2D eigenvalue weighted by Crippen LogP contribution is 2.27. The predicted octanol–water partition coefficient (Wildman–Crippen LogP) is 1.87. The lowest BCUT2D eigenvalue weighted by Crippen LogP contribution is -1.94. The van der Waals surface area contributed by atoms with E-state index in [1.807, 2.05) is 20.2 Å². The molecule has 6 nitrogen and oxygen atoms in total. The number of fused-ring (bicyclic) bond motifs is 1. The Morgan fingerprint density at radius 1 is 1.35 bits per heavy atom. The largest absolute Gasteiger partial charge is 0.337 e. The smallest absolute Gasteiger partial charge is 0.149 e. The molecule has 17 heavy (non-hydrogen) atoms. The molecule has 0 aliphatic heterocycles. The Morgan fingerprint density at radius 2 is 2.24 bits per heavy atom. The van der Waals surface area contributed by atoms with Gasteiger partial charge in [0.25, 0.3) is 0 Å². The molecule has 3 aromatic rings. The van der Waals surface area contributed by atoms with E-state index in [0.29, 0.717) is 0 Å². The average molecular weight is 246 g/mol. The first kappa shape index (κ1) is 10.2. The number of hydrogen-bond donors (Lipinski definition) is 1. The number of anilines is 2. The summed E-state index contributed by atoms with van der Waals surface area (Å²) in [6, 6.07) is 0. The van der Waals surface area contributed by atoms with Crippen LogP contribution < -0.4 is 5.32 Å². The van der Waals surface area contributed by atoms with Crippen LogP contribution in [0.1, 0.15) is 5.69 Å². The zero-order valence-corrected chi connectivity index (χ0v) is 10.2. The fraction of sp³-hybridized carbons (Fsp3) is 0.200. The minimum atomic E-state index is 0.772. The van der Waals surface area contributed by atoms with E-state index in [9.17, 15) is 0 Å². The molecule has 0 spiro atoms. The Balaban J connectivity index is 2.08. The minimum absolute atomic E-state index is 0.772. The summed E-state index contributed by atoms with van der Waals surface area (Å²) >= 11 is 1.38. The van der Waals surface area contributed by atoms with Crippen molar-refractivity contribution in [3.05, 3.63) is 24.4 Å². The van der Waals surface area contributed by atoms with Crippen LogP contribution in [-0.4, -0.2) is 24.1 Å². The van der Waals surface area contributed by atoms with E-state index in [1.165, 1.54) is 11.5 Å². The predicted molar refractivity (Wildman–Crippen MR) is 66.4 cm³/mol. The first-order valence-corrected chi connectivity index (χ1v) is 5.84. The Labute approximate surface area is 101 Å². The molecule has 0 fully saturated rings. The number of aryl methyl sites for hydroxylation is 2. The fourth-order valence-electron chi connectivity index (χ4n) is 1.64. The van der Waals surface area contributed by atoms with Crippen LogP contribution in [0, 0.1) is 6.92 Å². The maximum absolute atomic E-state index is 4.28. The second-order valence-electron chi connectivity index (χ2n) is 3.70. The molecule has 0 saturated heterocycles. The van der Waals surface area contributed by atoms with E-state index in [1.54, 1.807) is 17.2 Å². The quantitative estimate of drug-likeness (QED) is 0.747. The van der Waals surface area contributed by atoms with Crippen molar-refractivity contribution in [3.8, 4) is 0 Å². The highest BCUT2D eigenvalue weighted by Gasteiger charge is 2.10. The molecule has 3 rings (SSSR count). The topological polar surface area (TPSA) is 68.5 Å². The van der Waals surface area contributed by atoms with Crippen LogP contribution in [0.15, 0.2) is 18.7 Å². The summed E-state index contributed by atoms with van der Waals surface area (Å²) in [7, 11) is 1.87. The van der Waals surface area contributed by atoms with Gasteiger partial charge in [-0.2, -0.15) is 9.47 Å². The molecule has 86 valence electrons. The summed E-state index contributed by atoms with van der Waals surface area (Å²) in [5.74, 6) is 0.772. The van der Waals surface area contributed by atoms with Crippen molar-refractivity contribution in [1.82, 2.24) is 24.1 Å². The Kier molecular flexibility index (Phi) is 2.25. The lowest BCUT2D eigenvalue weighted by molar-refractivity contribution is 0.768. The van der Waals surface area contributed by atoms with E-state index in [-0.39, 0.29) is 0 Å². The number of nitrogens with zero attached hydrogens (tertiary/aromatic N) is 5. The third kappa shape index (κ3) is 1.74. The van der Waals surface area contributed by atoms with Gasteiger partial charge in [0.05, 0.1) is 23.0 Å². The monoisotopic (exact) mass is 246 g/mol. The molecule has 0 amide bonds. The second-order valence-corrected chi connectivity index (χ2v) is 4.45. The van der Waals surface area contributed by atoms with Gasteiger partial charge in [0, 0.05) is 13.2 Å². The van der Waals surface area contributed by atoms with Crippen molar-refractivity contribution < 1.29 is 0 Å². The third-order valence-electron chi connectivity index (χ3n) is 2.41. The molecule has 3 heterocycles. The first-order chi connectivity index (χ1) is 8.24. The summed E-state index contributed by atoms with van der Waals surface area (Å²) < 4.78 is 6.02. The minimum Gasteiger partial charge on any atom is -0.337 e. The first-order valence-electron chi connectivity index (χ1n) is 5.06. The third-order valence-corrected chi connectivity index (χ3v) is 3.26. The highest BCUT2D eigenvalue weighted by molar-refractivity contribution is 7.13. The van der Waals surface area contributed by atoms with Gasteiger partial charge < -0.3 is 5.32 Å². The SMILES string of the molecule is Cc1nsc2ncnc(Nc3cnn(C)c3)c12. The Morgan fingerprint density at radius 3 is 3.00 bits per heavy atom. The second kappa shape index (κ2) is 3.77. The van der Waals surface area contributed by atoms with Crippen LogP contribution in [-0.2, 0) is 7.05 Å². The normalized spacial score (nSPS) is 10.9. The van der Waals surface area contributed by atoms with Gasteiger partial charge in [0.15, 0.2) is 0 Å². The summed E-state index contributed by atoms with van der Waals surface area (Å²) in [6.07, 6.45) is 5.19. The maximum atomic E-state index is 4.28. The van der Waals surface area contributed by atoms with Crippen molar-refractivity contribution >= 4 is 33.3 Å². The zero-order valence-electron chi connectivity index (χ0n) is 9.38. The summed E-state index contributed by atoms with van der Waals surface area (Å²) in [4.78, 5) is 9.34. The molecule has 0 radical (unpaired) electrons. The lowest BCUT2D eigenvalue weighted by atomic mass is 10.3. The molecule has 0 unspecified atom stereocenters. The van der Waals surface area contributed by atoms with Gasteiger partial charge in [-0.3, -0.25) is 4.68 Å². The molecule has 0 aliphatic rings. The van der Waals surface area contributed by atoms with Gasteiger partial charge in [-0.1, -0.05) is 0 Å². The van der Waals surface area contributed by atoms with E-state index < -0.39 is 0 Å². The van der Waals surface area contributed by atoms with Gasteiger partial charge in [0.2, 0.25) is 0 Å². The number of aromatic nitrogens is 5. The molecule has 0 aliphatic carbocycles. The molecular weight excluding hydrogens is 236 g/mol. The van der Waals surface area contributed by atoms with Gasteiger partial charge in [-0.15, -0.1) is 0 Å². The molecule has 1 N–H and O–H groups in total. The Bertz CT molecular complexity index is 670. The van der Waals surface area contributed by atoms with Crippen LogP contribution in [0.4, 0.5) is 11.5 Å². The van der Waals surface area contributed by atoms with E-state index in [4.69, 9.17) is 0 Å². The van der Waals surface area contributed by atoms with Crippen molar-refractivity contribution in [2.45, 2.75) is 6.92 Å². The zero-order chi connectivity index (χ0) is 11.8. The molecule has 3 aromatic heterocycles. The Hall–Kier alpha value is -2.02. The van der Waals surface area contributed by atoms with Crippen LogP contribution in [0.25, 0.3) is 10.2 Å². The molecule has 0 atom stereocenters. The maximum Gasteiger partial charge on any atom is 0.149 e. The number of hydrogen-bond acceptors (Lipinski definition) is 6. The molecule has 0 saturated carbocycles. The summed E-state index contributed by atoms with van der Waals surface area (Å²) in [5.41, 5.74) is 1.84. The summed E-state index contributed by atoms with van der Waals surface area (Å²) in [6.45, 7) is 1.95. The van der Waals surface area contributed by atoms with Crippen molar-refractivity contribution in [3.63, 3.8) is 0 Å². The van der Waals surface area contributed by atoms with Gasteiger partial charge >= 0.3 is 0 Å². The standard InChI is InChI=1S/C10H10N6S/c1-6-8-9(11-5-12-10(8)17-15-6)14-7-3-13-16(2)4-7/h3-5H,1-2H3,(H,11,12,14). The van der Waals surface area contributed by atoms with Gasteiger partial charge in [-0.25, -0.2) is 9.97 Å². The van der Waals surface area contributed by atoms with E-state index >= 15 is 0 Å². The molecular formula is C10H10N6S. The van der Waals surface area contributed by atoms with Crippen molar-refractivity contribution in [1.29, 1.82) is 0 Å². The van der Waals surface area contributed by atoms with Crippen LogP contribution >= 0.6 is 11.5 Å². The summed E-state index contributed by atoms with van der Waals surface area (Å²) in [5, 5.41) is 8.30. The number of rotatable bonds is 2. The average Bonchev–Trinajstić information content (AvgIpc) is 2.87. The van der Waals surface area contributed by atoms with Gasteiger partial charge in [0.1, 0.15) is 17.0 Å². The molecule has 0 bridgehead atoms. The van der Waals surface area contributed by atoms with Crippen LogP contribution in [0.2, 0.25) is 0 Å². The lowest BCUT2D eigenvalue weighted by Gasteiger charge is -2.03. The number of nitrogens with one attached hydrogen (secondary N) is 1. The van der Waals surface area contributed by atoms with E-state index in [0.717, 1.165) is 27.4 Å². The van der Waals surface area contributed by atoms with E-state index in [2.05, 4.69) is 24.8 Å². The van der Waals surface area contributed by atoms with Crippen LogP contribution in [0.5, 0.6) is 0 Å². The fourth-order valence-corrected chi connectivity index (χ4v) is 2.38. The molecule has 7 heteroatoms. The van der Waals surface area contributed by atoms with Gasteiger partial charge in [-0.05, 0) is 18.5 Å². The van der Waals surface area contributed by atoms with Crippen molar-refractivity contribution in [2.24, 2.45) is 7.05 Å². The highest BCUT2D eigenvalue weighted by atomic mass is 32.1.